The molecule has 2 aliphatic rings. The summed E-state index contributed by atoms with van der Waals surface area (Å²) in [4.78, 5) is 11.4. The highest BCUT2D eigenvalue weighted by Crippen LogP contribution is 2.44. The third-order valence-corrected chi connectivity index (χ3v) is 6.89. The van der Waals surface area contributed by atoms with E-state index in [9.17, 15) is 9.90 Å². The Kier molecular flexibility index (Phi) is 12.1. The molecule has 1 aliphatic carbocycles. The molecule has 4 heteroatoms. The van der Waals surface area contributed by atoms with Crippen molar-refractivity contribution >= 4 is 5.78 Å². The van der Waals surface area contributed by atoms with Gasteiger partial charge >= 0.3 is 0 Å². The molecule has 1 unspecified atom stereocenters. The third-order valence-electron chi connectivity index (χ3n) is 6.89. The first kappa shape index (κ1) is 26.3. The molecule has 1 fully saturated rings. The first-order valence-corrected chi connectivity index (χ1v) is 12.9. The monoisotopic (exact) mass is 434 g/mol. The van der Waals surface area contributed by atoms with E-state index in [0.29, 0.717) is 6.42 Å². The van der Waals surface area contributed by atoms with E-state index in [1.54, 1.807) is 19.3 Å². The largest absolute Gasteiger partial charge is 0.393 e. The second kappa shape index (κ2) is 14.2. The molecule has 1 aliphatic heterocycles. The number of hydrogen-bond acceptors (Lipinski definition) is 4. The Morgan fingerprint density at radius 3 is 1.94 bits per heavy atom. The summed E-state index contributed by atoms with van der Waals surface area (Å²) in [6.07, 6.45) is 26.5. The molecule has 1 spiro atoms. The number of methoxy groups -OCH3 is 1. The fourth-order valence-corrected chi connectivity index (χ4v) is 4.86. The quantitative estimate of drug-likeness (QED) is 0.256. The van der Waals surface area contributed by atoms with Crippen molar-refractivity contribution in [2.45, 2.75) is 134 Å². The van der Waals surface area contributed by atoms with Crippen molar-refractivity contribution in [3.8, 4) is 0 Å². The van der Waals surface area contributed by atoms with Gasteiger partial charge in [0.15, 0.2) is 11.6 Å². The lowest BCUT2D eigenvalue weighted by atomic mass is 9.93. The van der Waals surface area contributed by atoms with Gasteiger partial charge in [-0.1, -0.05) is 90.4 Å². The summed E-state index contributed by atoms with van der Waals surface area (Å²) < 4.78 is 12.0. The van der Waals surface area contributed by atoms with E-state index in [4.69, 9.17) is 9.47 Å². The van der Waals surface area contributed by atoms with Crippen LogP contribution in [0.3, 0.4) is 0 Å². The molecular weight excluding hydrogens is 388 g/mol. The highest BCUT2D eigenvalue weighted by Gasteiger charge is 2.48. The molecule has 1 saturated heterocycles. The second-order valence-corrected chi connectivity index (χ2v) is 9.63. The van der Waals surface area contributed by atoms with E-state index < -0.39 is 17.5 Å². The lowest BCUT2D eigenvalue weighted by Gasteiger charge is -2.33. The number of ketones is 1. The fraction of sp³-hybridized carbons (Fsp3) is 0.815. The predicted molar refractivity (Wildman–Crippen MR) is 127 cm³/mol. The lowest BCUT2D eigenvalue weighted by Crippen LogP contribution is -2.39. The number of carbonyl (C=O) groups is 1. The van der Waals surface area contributed by atoms with Crippen LogP contribution in [-0.4, -0.2) is 35.5 Å². The third kappa shape index (κ3) is 9.59. The number of hydrogen-bond donors (Lipinski definition) is 1. The smallest absolute Gasteiger partial charge is 0.178 e. The Morgan fingerprint density at radius 2 is 1.42 bits per heavy atom. The van der Waals surface area contributed by atoms with E-state index in [0.717, 1.165) is 25.7 Å². The summed E-state index contributed by atoms with van der Waals surface area (Å²) >= 11 is 0. The average molecular weight is 435 g/mol. The maximum absolute atomic E-state index is 11.4. The van der Waals surface area contributed by atoms with Gasteiger partial charge in [0.2, 0.25) is 0 Å². The highest BCUT2D eigenvalue weighted by molar-refractivity contribution is 6.00. The molecule has 1 heterocycles. The minimum absolute atomic E-state index is 0.00779. The van der Waals surface area contributed by atoms with Crippen LogP contribution < -0.4 is 0 Å². The molecule has 0 aromatic rings. The average Bonchev–Trinajstić information content (AvgIpc) is 3.12. The van der Waals surface area contributed by atoms with E-state index >= 15 is 0 Å². The summed E-state index contributed by atoms with van der Waals surface area (Å²) in [5, 5.41) is 10.6. The Balaban J connectivity index is 1.50. The molecule has 1 N–H and O–H groups in total. The molecule has 4 nitrogen and oxygen atoms in total. The molecule has 0 radical (unpaired) electrons. The molecule has 0 amide bonds. The van der Waals surface area contributed by atoms with Gasteiger partial charge in [0.05, 0.1) is 6.10 Å². The van der Waals surface area contributed by atoms with E-state index in [-0.39, 0.29) is 5.78 Å². The molecule has 2 atom stereocenters. The van der Waals surface area contributed by atoms with Crippen LogP contribution in [-0.2, 0) is 14.3 Å². The Morgan fingerprint density at radius 1 is 0.903 bits per heavy atom. The minimum Gasteiger partial charge on any atom is -0.393 e. The molecule has 0 aromatic heterocycles. The number of carbonyl (C=O) groups excluding carboxylic acids is 1. The zero-order valence-electron chi connectivity index (χ0n) is 20.1. The van der Waals surface area contributed by atoms with Gasteiger partial charge in [0.1, 0.15) is 5.60 Å². The van der Waals surface area contributed by atoms with Crippen molar-refractivity contribution in [2.75, 3.05) is 7.11 Å². The summed E-state index contributed by atoms with van der Waals surface area (Å²) in [5.74, 6) is -0.767. The van der Waals surface area contributed by atoms with Crippen LogP contribution in [0.1, 0.15) is 116 Å². The van der Waals surface area contributed by atoms with Gasteiger partial charge in [0.25, 0.3) is 0 Å². The number of rotatable bonds is 17. The van der Waals surface area contributed by atoms with Gasteiger partial charge in [-0.05, 0) is 37.1 Å². The van der Waals surface area contributed by atoms with E-state index in [2.05, 4.69) is 6.92 Å². The minimum atomic E-state index is -0.759. The van der Waals surface area contributed by atoms with Gasteiger partial charge in [0, 0.05) is 20.0 Å². The maximum atomic E-state index is 11.4. The van der Waals surface area contributed by atoms with Crippen LogP contribution in [0.5, 0.6) is 0 Å². The normalized spacial score (nSPS) is 23.1. The van der Waals surface area contributed by atoms with Crippen LogP contribution in [0.15, 0.2) is 24.3 Å². The Bertz CT molecular complexity index is 552. The highest BCUT2D eigenvalue weighted by atomic mass is 16.7. The summed E-state index contributed by atoms with van der Waals surface area (Å²) in [6.45, 7) is 2.27. The van der Waals surface area contributed by atoms with Crippen LogP contribution in [0.2, 0.25) is 0 Å². The van der Waals surface area contributed by atoms with Gasteiger partial charge in [-0.25, -0.2) is 0 Å². The lowest BCUT2D eigenvalue weighted by molar-refractivity contribution is -0.233. The van der Waals surface area contributed by atoms with Crippen molar-refractivity contribution in [2.24, 2.45) is 0 Å². The number of allylic oxidation sites excluding steroid dienone is 2. The number of aliphatic hydroxyl groups excluding tert-OH is 1. The topological polar surface area (TPSA) is 55.8 Å². The predicted octanol–water partition coefficient (Wildman–Crippen LogP) is 6.81. The van der Waals surface area contributed by atoms with Gasteiger partial charge < -0.3 is 14.6 Å². The number of aliphatic hydroxyl groups is 1. The first-order chi connectivity index (χ1) is 15.0. The van der Waals surface area contributed by atoms with Crippen LogP contribution >= 0.6 is 0 Å². The Hall–Kier alpha value is -0.970. The summed E-state index contributed by atoms with van der Waals surface area (Å²) in [6, 6.07) is 0. The SMILES string of the molecule is CCCCCCCCCCCCCCC[C@H](O)CC1(OC)CCC2(C=CC(=O)C=C2)O1. The number of unbranched alkanes of at least 4 members (excludes halogenated alkanes) is 12. The summed E-state index contributed by atoms with van der Waals surface area (Å²) in [7, 11) is 1.65. The van der Waals surface area contributed by atoms with Gasteiger partial charge in [-0.2, -0.15) is 0 Å². The van der Waals surface area contributed by atoms with Crippen LogP contribution in [0.4, 0.5) is 0 Å². The molecule has 31 heavy (non-hydrogen) atoms. The van der Waals surface area contributed by atoms with Gasteiger partial charge in [-0.3, -0.25) is 4.79 Å². The summed E-state index contributed by atoms with van der Waals surface area (Å²) in [5.41, 5.74) is -0.556. The fourth-order valence-electron chi connectivity index (χ4n) is 4.86. The molecule has 2 rings (SSSR count). The molecule has 0 aromatic carbocycles. The van der Waals surface area contributed by atoms with Crippen molar-refractivity contribution in [3.05, 3.63) is 24.3 Å². The van der Waals surface area contributed by atoms with Gasteiger partial charge in [-0.15, -0.1) is 0 Å². The Labute approximate surface area is 190 Å². The van der Waals surface area contributed by atoms with Crippen molar-refractivity contribution in [1.29, 1.82) is 0 Å². The van der Waals surface area contributed by atoms with Crippen LogP contribution in [0.25, 0.3) is 0 Å². The molecular formula is C27H46O4. The van der Waals surface area contributed by atoms with E-state index in [1.165, 1.54) is 77.0 Å². The second-order valence-electron chi connectivity index (χ2n) is 9.63. The molecule has 0 bridgehead atoms. The van der Waals surface area contributed by atoms with Crippen molar-refractivity contribution < 1.29 is 19.4 Å². The zero-order chi connectivity index (χ0) is 22.4. The molecule has 0 saturated carbocycles. The van der Waals surface area contributed by atoms with Crippen molar-refractivity contribution in [3.63, 3.8) is 0 Å². The zero-order valence-corrected chi connectivity index (χ0v) is 20.1. The van der Waals surface area contributed by atoms with Crippen LogP contribution in [0, 0.1) is 0 Å². The van der Waals surface area contributed by atoms with Crippen molar-refractivity contribution in [1.82, 2.24) is 0 Å². The molecule has 178 valence electrons. The number of ether oxygens (including phenoxy) is 2. The maximum Gasteiger partial charge on any atom is 0.178 e. The standard InChI is InChI=1S/C27H46O4/c1-3-4-5-6-7-8-9-10-11-12-13-14-15-16-25(29)23-27(30-2)22-21-26(31-27)19-17-24(28)18-20-26/h17-20,25,29H,3-16,21-23H2,1-2H3/t25-,27?/m0/s1. The first-order valence-electron chi connectivity index (χ1n) is 12.9. The van der Waals surface area contributed by atoms with E-state index in [1.807, 2.05) is 12.2 Å².